The summed E-state index contributed by atoms with van der Waals surface area (Å²) < 4.78 is 5.61. The molecule has 0 atom stereocenters. The average Bonchev–Trinajstić information content (AvgIpc) is 1.85. The van der Waals surface area contributed by atoms with Crippen molar-refractivity contribution in [3.05, 3.63) is 9.59 Å². The molecule has 0 amide bonds. The van der Waals surface area contributed by atoms with Crippen LogP contribution in [-0.2, 0) is 0 Å². The van der Waals surface area contributed by atoms with E-state index >= 15 is 0 Å². The predicted molar refractivity (Wildman–Crippen MR) is 38.4 cm³/mol. The lowest BCUT2D eigenvalue weighted by molar-refractivity contribution is 0.539. The van der Waals surface area contributed by atoms with Crippen molar-refractivity contribution in [1.82, 2.24) is 4.98 Å². The number of aryl methyl sites for hydroxylation is 1. The molecule has 0 aromatic carbocycles. The molecule has 1 aromatic rings. The fourth-order valence-corrected chi connectivity index (χ4v) is 0.867. The summed E-state index contributed by atoms with van der Waals surface area (Å²) in [5, 5.41) is 0. The largest absolute Gasteiger partial charge is 0.425 e. The maximum absolute atomic E-state index is 5.30. The van der Waals surface area contributed by atoms with Gasteiger partial charge in [0, 0.05) is 6.92 Å². The lowest BCUT2D eigenvalue weighted by Crippen LogP contribution is -1.81. The molecule has 0 aliphatic carbocycles. The van der Waals surface area contributed by atoms with Crippen molar-refractivity contribution in [3.8, 4) is 0 Å². The molecule has 1 rings (SSSR count). The van der Waals surface area contributed by atoms with E-state index in [1.807, 2.05) is 22.6 Å². The number of halogens is 1. The van der Waals surface area contributed by atoms with E-state index in [1.165, 1.54) is 0 Å². The van der Waals surface area contributed by atoms with Crippen LogP contribution in [-0.4, -0.2) is 4.98 Å². The highest BCUT2D eigenvalue weighted by Crippen LogP contribution is 2.13. The third-order valence-electron chi connectivity index (χ3n) is 0.717. The Balaban J connectivity index is 3.14. The fourth-order valence-electron chi connectivity index (χ4n) is 0.417. The highest BCUT2D eigenvalue weighted by Gasteiger charge is 2.00. The monoisotopic (exact) mass is 224 g/mol. The summed E-state index contributed by atoms with van der Waals surface area (Å²) in [6.07, 6.45) is 0. The fraction of sp³-hybridized carbons (Fsp3) is 0.250. The number of hydrogen-bond acceptors (Lipinski definition) is 3. The van der Waals surface area contributed by atoms with Gasteiger partial charge < -0.3 is 10.2 Å². The van der Waals surface area contributed by atoms with Crippen LogP contribution in [0, 0.1) is 10.6 Å². The van der Waals surface area contributed by atoms with Crippen molar-refractivity contribution < 1.29 is 4.42 Å². The summed E-state index contributed by atoms with van der Waals surface area (Å²) in [6, 6.07) is 0. The van der Waals surface area contributed by atoms with E-state index in [0.717, 1.165) is 3.70 Å². The molecular formula is C4H5IN2O. The molecule has 3 nitrogen and oxygen atoms in total. The molecule has 0 fully saturated rings. The Morgan fingerprint density at radius 1 is 1.75 bits per heavy atom. The maximum Gasteiger partial charge on any atom is 0.224 e. The zero-order valence-corrected chi connectivity index (χ0v) is 6.47. The Hall–Kier alpha value is -0.260. The van der Waals surface area contributed by atoms with E-state index in [4.69, 9.17) is 10.2 Å². The van der Waals surface area contributed by atoms with Gasteiger partial charge in [-0.05, 0) is 22.6 Å². The van der Waals surface area contributed by atoms with Crippen LogP contribution in [0.5, 0.6) is 0 Å². The van der Waals surface area contributed by atoms with Crippen LogP contribution in [0.1, 0.15) is 5.89 Å². The minimum Gasteiger partial charge on any atom is -0.425 e. The van der Waals surface area contributed by atoms with Crippen LogP contribution in [0.15, 0.2) is 4.42 Å². The molecule has 4 heteroatoms. The van der Waals surface area contributed by atoms with Gasteiger partial charge in [-0.1, -0.05) is 0 Å². The van der Waals surface area contributed by atoms with Gasteiger partial charge in [-0.25, -0.2) is 4.98 Å². The van der Waals surface area contributed by atoms with Crippen LogP contribution < -0.4 is 5.73 Å². The molecule has 0 aliphatic heterocycles. The van der Waals surface area contributed by atoms with Gasteiger partial charge in [0.1, 0.15) is 0 Å². The van der Waals surface area contributed by atoms with Gasteiger partial charge in [0.15, 0.2) is 9.59 Å². The van der Waals surface area contributed by atoms with Crippen molar-refractivity contribution in [2.24, 2.45) is 0 Å². The van der Waals surface area contributed by atoms with E-state index in [-0.39, 0.29) is 0 Å². The topological polar surface area (TPSA) is 52.0 Å². The molecule has 0 saturated heterocycles. The number of oxazole rings is 1. The summed E-state index contributed by atoms with van der Waals surface area (Å²) in [7, 11) is 0. The first-order chi connectivity index (χ1) is 3.70. The highest BCUT2D eigenvalue weighted by atomic mass is 127. The Bertz CT molecular complexity index is 176. The van der Waals surface area contributed by atoms with Crippen molar-refractivity contribution in [1.29, 1.82) is 0 Å². The molecular weight excluding hydrogens is 219 g/mol. The van der Waals surface area contributed by atoms with Gasteiger partial charge in [0.2, 0.25) is 5.88 Å². The predicted octanol–water partition coefficient (Wildman–Crippen LogP) is 1.17. The summed E-state index contributed by atoms with van der Waals surface area (Å²) in [5.41, 5.74) is 5.30. The summed E-state index contributed by atoms with van der Waals surface area (Å²) in [6.45, 7) is 1.76. The Morgan fingerprint density at radius 3 is 2.50 bits per heavy atom. The van der Waals surface area contributed by atoms with Crippen molar-refractivity contribution in [3.63, 3.8) is 0 Å². The van der Waals surface area contributed by atoms with Gasteiger partial charge in [0.25, 0.3) is 0 Å². The standard InChI is InChI=1S/C4H5IN2O/c1-2-7-3(5)4(6)8-2/h6H2,1H3. The lowest BCUT2D eigenvalue weighted by atomic mass is 10.8. The van der Waals surface area contributed by atoms with Crippen molar-refractivity contribution in [2.45, 2.75) is 6.92 Å². The van der Waals surface area contributed by atoms with Crippen LogP contribution in [0.25, 0.3) is 0 Å². The van der Waals surface area contributed by atoms with Crippen molar-refractivity contribution in [2.75, 3.05) is 5.73 Å². The van der Waals surface area contributed by atoms with E-state index in [1.54, 1.807) is 6.92 Å². The number of aromatic nitrogens is 1. The first kappa shape index (κ1) is 5.87. The van der Waals surface area contributed by atoms with E-state index in [2.05, 4.69) is 4.98 Å². The summed E-state index contributed by atoms with van der Waals surface area (Å²) in [5.74, 6) is 1.02. The third kappa shape index (κ3) is 0.936. The molecule has 1 heterocycles. The van der Waals surface area contributed by atoms with E-state index < -0.39 is 0 Å². The molecule has 2 N–H and O–H groups in total. The SMILES string of the molecule is Cc1nc(I)c(N)o1. The number of rotatable bonds is 0. The molecule has 1 aromatic heterocycles. The minimum atomic E-state index is 0.406. The molecule has 44 valence electrons. The molecule has 0 bridgehead atoms. The number of anilines is 1. The van der Waals surface area contributed by atoms with Crippen LogP contribution >= 0.6 is 22.6 Å². The zero-order valence-electron chi connectivity index (χ0n) is 4.31. The summed E-state index contributed by atoms with van der Waals surface area (Å²) in [4.78, 5) is 3.91. The molecule has 0 spiro atoms. The number of nitrogen functional groups attached to an aromatic ring is 1. The van der Waals surface area contributed by atoms with Crippen LogP contribution in [0.3, 0.4) is 0 Å². The third-order valence-corrected chi connectivity index (χ3v) is 1.49. The second kappa shape index (κ2) is 1.93. The van der Waals surface area contributed by atoms with E-state index in [9.17, 15) is 0 Å². The van der Waals surface area contributed by atoms with Gasteiger partial charge >= 0.3 is 0 Å². The van der Waals surface area contributed by atoms with Gasteiger partial charge in [0.05, 0.1) is 0 Å². The first-order valence-corrected chi connectivity index (χ1v) is 3.16. The second-order valence-electron chi connectivity index (χ2n) is 1.39. The first-order valence-electron chi connectivity index (χ1n) is 2.08. The smallest absolute Gasteiger partial charge is 0.224 e. The lowest BCUT2D eigenvalue weighted by Gasteiger charge is -1.76. The molecule has 0 unspecified atom stereocenters. The quantitative estimate of drug-likeness (QED) is 0.673. The van der Waals surface area contributed by atoms with Crippen LogP contribution in [0.4, 0.5) is 5.88 Å². The average molecular weight is 224 g/mol. The summed E-state index contributed by atoms with van der Waals surface area (Å²) >= 11 is 2.02. The number of nitrogens with two attached hydrogens (primary N) is 1. The van der Waals surface area contributed by atoms with Crippen LogP contribution in [0.2, 0.25) is 0 Å². The molecule has 0 aliphatic rings. The number of hydrogen-bond donors (Lipinski definition) is 1. The Morgan fingerprint density at radius 2 is 2.38 bits per heavy atom. The Labute approximate surface area is 60.4 Å². The molecule has 0 radical (unpaired) electrons. The van der Waals surface area contributed by atoms with Gasteiger partial charge in [-0.2, -0.15) is 0 Å². The van der Waals surface area contributed by atoms with Gasteiger partial charge in [-0.15, -0.1) is 0 Å². The zero-order chi connectivity index (χ0) is 6.15. The van der Waals surface area contributed by atoms with E-state index in [0.29, 0.717) is 11.8 Å². The normalized spacial score (nSPS) is 9.75. The maximum atomic E-state index is 5.30. The Kier molecular flexibility index (Phi) is 1.41. The highest BCUT2D eigenvalue weighted by molar-refractivity contribution is 14.1. The minimum absolute atomic E-state index is 0.406. The van der Waals surface area contributed by atoms with Gasteiger partial charge in [-0.3, -0.25) is 0 Å². The molecule has 8 heavy (non-hydrogen) atoms. The number of nitrogens with zero attached hydrogens (tertiary/aromatic N) is 1. The second-order valence-corrected chi connectivity index (χ2v) is 2.41. The van der Waals surface area contributed by atoms with Crippen molar-refractivity contribution >= 4 is 28.5 Å². The molecule has 0 saturated carbocycles.